The number of carbonyl (C=O) groups excluding carboxylic acids is 1. The van der Waals surface area contributed by atoms with Crippen LogP contribution in [0.25, 0.3) is 0 Å². The molecule has 23 heavy (non-hydrogen) atoms. The summed E-state index contributed by atoms with van der Waals surface area (Å²) < 4.78 is 0. The van der Waals surface area contributed by atoms with Crippen molar-refractivity contribution < 1.29 is 14.7 Å². The molecule has 3 nitrogen and oxygen atoms in total. The van der Waals surface area contributed by atoms with E-state index in [2.05, 4.69) is 27.7 Å². The number of ketones is 1. The van der Waals surface area contributed by atoms with Gasteiger partial charge in [-0.2, -0.15) is 0 Å². The van der Waals surface area contributed by atoms with Gasteiger partial charge in [-0.25, -0.2) is 4.79 Å². The van der Waals surface area contributed by atoms with E-state index in [-0.39, 0.29) is 16.6 Å². The van der Waals surface area contributed by atoms with Gasteiger partial charge in [0.15, 0.2) is 5.78 Å². The van der Waals surface area contributed by atoms with Crippen LogP contribution in [0.4, 0.5) is 0 Å². The van der Waals surface area contributed by atoms with E-state index >= 15 is 0 Å². The van der Waals surface area contributed by atoms with Crippen molar-refractivity contribution in [2.24, 2.45) is 22.7 Å². The Morgan fingerprint density at radius 2 is 2.09 bits per heavy atom. The van der Waals surface area contributed by atoms with Crippen molar-refractivity contribution in [3.8, 4) is 0 Å². The Balaban J connectivity index is 2.29. The van der Waals surface area contributed by atoms with Crippen LogP contribution in [0.15, 0.2) is 23.3 Å². The maximum Gasteiger partial charge on any atom is 0.328 e. The Bertz CT molecular complexity index is 571. The molecule has 0 saturated heterocycles. The lowest BCUT2D eigenvalue weighted by molar-refractivity contribution is -0.131. The highest BCUT2D eigenvalue weighted by molar-refractivity contribution is 5.92. The van der Waals surface area contributed by atoms with Gasteiger partial charge >= 0.3 is 5.97 Å². The zero-order valence-corrected chi connectivity index (χ0v) is 15.1. The van der Waals surface area contributed by atoms with Crippen LogP contribution in [0.5, 0.6) is 0 Å². The SMILES string of the molecule is CC(=CC(=O)O)CC[C@@]1(C)[C@H](C)CC[C@@]2(C)C(C)=CC(=O)C[C@H]12. The summed E-state index contributed by atoms with van der Waals surface area (Å²) in [5, 5.41) is 8.91. The summed E-state index contributed by atoms with van der Waals surface area (Å²) in [7, 11) is 0. The third-order valence-corrected chi connectivity index (χ3v) is 6.90. The molecule has 1 N–H and O–H groups in total. The third kappa shape index (κ3) is 3.29. The van der Waals surface area contributed by atoms with Crippen molar-refractivity contribution in [3.63, 3.8) is 0 Å². The molecule has 0 amide bonds. The molecular formula is C20H30O3. The van der Waals surface area contributed by atoms with E-state index in [4.69, 9.17) is 5.11 Å². The van der Waals surface area contributed by atoms with Gasteiger partial charge in [0.05, 0.1) is 0 Å². The fraction of sp³-hybridized carbons (Fsp3) is 0.700. The quantitative estimate of drug-likeness (QED) is 0.759. The number of allylic oxidation sites excluding steroid dienone is 3. The molecule has 0 radical (unpaired) electrons. The molecule has 0 aliphatic heterocycles. The minimum atomic E-state index is -0.874. The lowest BCUT2D eigenvalue weighted by atomic mass is 9.47. The standard InChI is InChI=1S/C20H30O3/c1-13(10-18(22)23)6-8-19(4)14(2)7-9-20(5)15(3)11-16(21)12-17(19)20/h10-11,14,17H,6-9,12H2,1-5H3,(H,22,23)/t14-,17-,19+,20+/m1/s1. The summed E-state index contributed by atoms with van der Waals surface area (Å²) in [6.45, 7) is 10.9. The molecule has 4 atom stereocenters. The van der Waals surface area contributed by atoms with Crippen molar-refractivity contribution in [1.29, 1.82) is 0 Å². The van der Waals surface area contributed by atoms with Crippen molar-refractivity contribution in [2.75, 3.05) is 0 Å². The van der Waals surface area contributed by atoms with Gasteiger partial charge < -0.3 is 5.11 Å². The predicted octanol–water partition coefficient (Wildman–Crippen LogP) is 4.78. The van der Waals surface area contributed by atoms with Crippen molar-refractivity contribution in [3.05, 3.63) is 23.3 Å². The second-order valence-electron chi connectivity index (χ2n) is 8.24. The molecule has 3 heteroatoms. The minimum Gasteiger partial charge on any atom is -0.478 e. The summed E-state index contributed by atoms with van der Waals surface area (Å²) in [5.41, 5.74) is 2.33. The van der Waals surface area contributed by atoms with Gasteiger partial charge in [-0.1, -0.05) is 31.9 Å². The summed E-state index contributed by atoms with van der Waals surface area (Å²) in [5.74, 6) is 0.287. The number of rotatable bonds is 4. The molecule has 0 spiro atoms. The number of carbonyl (C=O) groups is 2. The number of fused-ring (bicyclic) bond motifs is 1. The Labute approximate surface area is 139 Å². The Kier molecular flexibility index (Phi) is 4.89. The smallest absolute Gasteiger partial charge is 0.328 e. The van der Waals surface area contributed by atoms with E-state index in [1.54, 1.807) is 0 Å². The average Bonchev–Trinajstić information content (AvgIpc) is 2.44. The number of hydrogen-bond donors (Lipinski definition) is 1. The molecule has 2 aliphatic rings. The monoisotopic (exact) mass is 318 g/mol. The molecule has 2 aliphatic carbocycles. The number of hydrogen-bond acceptors (Lipinski definition) is 2. The van der Waals surface area contributed by atoms with E-state index in [9.17, 15) is 9.59 Å². The van der Waals surface area contributed by atoms with E-state index < -0.39 is 5.97 Å². The highest BCUT2D eigenvalue weighted by Gasteiger charge is 2.54. The molecule has 0 aromatic rings. The molecule has 0 heterocycles. The van der Waals surface area contributed by atoms with Crippen LogP contribution in [0.1, 0.15) is 66.7 Å². The van der Waals surface area contributed by atoms with E-state index in [0.717, 1.165) is 24.8 Å². The maximum atomic E-state index is 12.2. The fourth-order valence-corrected chi connectivity index (χ4v) is 4.86. The minimum absolute atomic E-state index is 0.0752. The van der Waals surface area contributed by atoms with Crippen molar-refractivity contribution >= 4 is 11.8 Å². The molecule has 1 saturated carbocycles. The van der Waals surface area contributed by atoms with Crippen molar-refractivity contribution in [2.45, 2.75) is 66.7 Å². The summed E-state index contributed by atoms with van der Waals surface area (Å²) in [4.78, 5) is 23.0. The molecule has 2 rings (SSSR count). The third-order valence-electron chi connectivity index (χ3n) is 6.90. The molecule has 0 aromatic carbocycles. The molecule has 0 bridgehead atoms. The number of carboxylic acid groups (broad SMARTS) is 1. The largest absolute Gasteiger partial charge is 0.478 e. The van der Waals surface area contributed by atoms with Gasteiger partial charge in [-0.3, -0.25) is 4.79 Å². The van der Waals surface area contributed by atoms with E-state index in [0.29, 0.717) is 18.3 Å². The molecule has 1 fully saturated rings. The van der Waals surface area contributed by atoms with Crippen LogP contribution in [0.2, 0.25) is 0 Å². The normalized spacial score (nSPS) is 38.0. The zero-order valence-electron chi connectivity index (χ0n) is 15.1. The first kappa shape index (κ1) is 18.0. The van der Waals surface area contributed by atoms with Crippen LogP contribution in [-0.2, 0) is 9.59 Å². The Morgan fingerprint density at radius 1 is 1.43 bits per heavy atom. The lowest BCUT2D eigenvalue weighted by Gasteiger charge is -2.57. The van der Waals surface area contributed by atoms with Crippen LogP contribution in [0.3, 0.4) is 0 Å². The summed E-state index contributed by atoms with van der Waals surface area (Å²) in [6, 6.07) is 0. The van der Waals surface area contributed by atoms with Gasteiger partial charge in [-0.05, 0) is 68.3 Å². The first-order chi connectivity index (χ1) is 10.6. The highest BCUT2D eigenvalue weighted by atomic mass is 16.4. The van der Waals surface area contributed by atoms with E-state index in [1.165, 1.54) is 18.1 Å². The second-order valence-corrected chi connectivity index (χ2v) is 8.24. The first-order valence-electron chi connectivity index (χ1n) is 8.71. The van der Waals surface area contributed by atoms with Gasteiger partial charge in [0.1, 0.15) is 0 Å². The Hall–Kier alpha value is -1.38. The molecule has 0 unspecified atom stereocenters. The van der Waals surface area contributed by atoms with Crippen LogP contribution >= 0.6 is 0 Å². The van der Waals surface area contributed by atoms with Crippen LogP contribution < -0.4 is 0 Å². The number of carboxylic acids is 1. The lowest BCUT2D eigenvalue weighted by Crippen LogP contribution is -2.50. The molecular weight excluding hydrogens is 288 g/mol. The molecule has 0 aromatic heterocycles. The number of aliphatic carboxylic acids is 1. The molecule has 128 valence electrons. The topological polar surface area (TPSA) is 54.4 Å². The predicted molar refractivity (Wildman–Crippen MR) is 92.1 cm³/mol. The fourth-order valence-electron chi connectivity index (χ4n) is 4.86. The van der Waals surface area contributed by atoms with Crippen LogP contribution in [0, 0.1) is 22.7 Å². The van der Waals surface area contributed by atoms with Gasteiger partial charge in [0.25, 0.3) is 0 Å². The van der Waals surface area contributed by atoms with Crippen molar-refractivity contribution in [1.82, 2.24) is 0 Å². The van der Waals surface area contributed by atoms with Gasteiger partial charge in [-0.15, -0.1) is 0 Å². The van der Waals surface area contributed by atoms with Crippen LogP contribution in [-0.4, -0.2) is 16.9 Å². The summed E-state index contributed by atoms with van der Waals surface area (Å²) >= 11 is 0. The highest BCUT2D eigenvalue weighted by Crippen LogP contribution is 2.61. The van der Waals surface area contributed by atoms with E-state index in [1.807, 2.05) is 13.0 Å². The first-order valence-corrected chi connectivity index (χ1v) is 8.71. The Morgan fingerprint density at radius 3 is 2.70 bits per heavy atom. The average molecular weight is 318 g/mol. The van der Waals surface area contributed by atoms with Gasteiger partial charge in [0, 0.05) is 12.5 Å². The maximum absolute atomic E-state index is 12.2. The van der Waals surface area contributed by atoms with Gasteiger partial charge in [0.2, 0.25) is 0 Å². The summed E-state index contributed by atoms with van der Waals surface area (Å²) in [6.07, 6.45) is 7.85. The second kappa shape index (κ2) is 6.26. The zero-order chi connectivity index (χ0) is 17.4.